The normalized spacial score (nSPS) is 20.4. The van der Waals surface area contributed by atoms with Crippen molar-refractivity contribution in [3.63, 3.8) is 0 Å². The van der Waals surface area contributed by atoms with E-state index in [9.17, 15) is 23.1 Å². The van der Waals surface area contributed by atoms with Gasteiger partial charge in [-0.15, -0.1) is 0 Å². The lowest BCUT2D eigenvalue weighted by atomic mass is 9.75. The van der Waals surface area contributed by atoms with Crippen molar-refractivity contribution >= 4 is 21.8 Å². The number of fused-ring (bicyclic) bond motifs is 1. The number of sulfone groups is 1. The number of aryl methyl sites for hydroxylation is 1. The average molecular weight is 519 g/mol. The number of aliphatic hydroxyl groups excluding tert-OH is 1. The molecule has 0 unspecified atom stereocenters. The molecule has 0 radical (unpaired) electrons. The number of ether oxygens (including phenoxy) is 1. The van der Waals surface area contributed by atoms with Gasteiger partial charge in [-0.2, -0.15) is 0 Å². The zero-order chi connectivity index (χ0) is 26.7. The van der Waals surface area contributed by atoms with E-state index in [2.05, 4.69) is 0 Å². The Morgan fingerprint density at radius 3 is 2.28 bits per heavy atom. The maximum absolute atomic E-state index is 13.1. The number of rotatable bonds is 10. The van der Waals surface area contributed by atoms with Crippen LogP contribution in [-0.4, -0.2) is 54.1 Å². The van der Waals surface area contributed by atoms with Crippen molar-refractivity contribution in [2.24, 2.45) is 11.3 Å². The minimum absolute atomic E-state index is 0.0795. The number of benzene rings is 2. The lowest BCUT2D eigenvalue weighted by Gasteiger charge is -2.33. The summed E-state index contributed by atoms with van der Waals surface area (Å²) in [5.74, 6) is -4.07. The summed E-state index contributed by atoms with van der Waals surface area (Å²) < 4.78 is 32.0. The summed E-state index contributed by atoms with van der Waals surface area (Å²) in [4.78, 5) is 22.1. The van der Waals surface area contributed by atoms with Crippen LogP contribution in [0.1, 0.15) is 62.1 Å². The fraction of sp³-hybridized carbons (Fsp3) is 0.481. The summed E-state index contributed by atoms with van der Waals surface area (Å²) in [6.45, 7) is 5.83. The summed E-state index contributed by atoms with van der Waals surface area (Å²) >= 11 is 0. The number of carboxylic acids is 2. The maximum atomic E-state index is 13.1. The molecule has 2 atom stereocenters. The van der Waals surface area contributed by atoms with Crippen LogP contribution in [0.25, 0.3) is 0 Å². The molecule has 196 valence electrons. The maximum Gasteiger partial charge on any atom is 0.317 e. The van der Waals surface area contributed by atoms with Gasteiger partial charge in [0.2, 0.25) is 0 Å². The zero-order valence-electron chi connectivity index (χ0n) is 20.8. The molecular formula is C27H34O8S. The molecule has 1 aliphatic rings. The summed E-state index contributed by atoms with van der Waals surface area (Å²) in [6.07, 6.45) is 0.929. The highest BCUT2D eigenvalue weighted by atomic mass is 32.2. The molecule has 0 amide bonds. The molecule has 2 aromatic rings. The topological polar surface area (TPSA) is 138 Å². The number of unbranched alkanes of at least 4 members (excludes halogenated alkanes) is 2. The summed E-state index contributed by atoms with van der Waals surface area (Å²) in [6, 6.07) is 12.5. The van der Waals surface area contributed by atoms with Crippen LogP contribution in [0.5, 0.6) is 5.75 Å². The van der Waals surface area contributed by atoms with Crippen molar-refractivity contribution < 1.29 is 38.1 Å². The zero-order valence-corrected chi connectivity index (χ0v) is 21.6. The molecule has 0 aliphatic carbocycles. The Bertz CT molecular complexity index is 1190. The third-order valence-electron chi connectivity index (χ3n) is 6.76. The Morgan fingerprint density at radius 1 is 1.03 bits per heavy atom. The third kappa shape index (κ3) is 6.25. The van der Waals surface area contributed by atoms with Gasteiger partial charge >= 0.3 is 11.9 Å². The van der Waals surface area contributed by atoms with E-state index >= 15 is 0 Å². The monoisotopic (exact) mass is 518 g/mol. The SMILES string of the molecule is Cc1ccc2c(c1)[C@@H](c1ccc(OCCCCCC(C(=O)O)C(=O)O)cc1)[C@@H](O)C(C)(C)CS2(=O)=O. The molecule has 3 N–H and O–H groups in total. The standard InChI is InChI=1S/C27H34O8S/c1-17-8-13-22-21(15-17)23(24(28)27(2,3)16-36(22,33)34)18-9-11-19(12-10-18)35-14-6-4-5-7-20(25(29)30)26(31)32/h8-13,15,20,23-24,28H,4-7,14,16H2,1-3H3,(H,29,30)(H,31,32)/t23-,24-/m1/s1. The average Bonchev–Trinajstić information content (AvgIpc) is 2.83. The first-order valence-corrected chi connectivity index (χ1v) is 13.7. The molecule has 3 rings (SSSR count). The van der Waals surface area contributed by atoms with E-state index in [1.165, 1.54) is 0 Å². The number of carbonyl (C=O) groups is 2. The largest absolute Gasteiger partial charge is 0.494 e. The lowest BCUT2D eigenvalue weighted by molar-refractivity contribution is -0.154. The number of aliphatic carboxylic acids is 2. The highest BCUT2D eigenvalue weighted by Crippen LogP contribution is 2.45. The van der Waals surface area contributed by atoms with E-state index in [0.717, 1.165) is 11.1 Å². The third-order valence-corrected chi connectivity index (χ3v) is 8.92. The molecule has 1 aliphatic heterocycles. The van der Waals surface area contributed by atoms with Gasteiger partial charge in [-0.25, -0.2) is 8.42 Å². The number of hydrogen-bond donors (Lipinski definition) is 3. The Balaban J connectivity index is 1.69. The molecule has 0 saturated carbocycles. The van der Waals surface area contributed by atoms with Gasteiger partial charge in [0.05, 0.1) is 23.4 Å². The highest BCUT2D eigenvalue weighted by Gasteiger charge is 2.44. The van der Waals surface area contributed by atoms with E-state index < -0.39 is 45.1 Å². The van der Waals surface area contributed by atoms with Crippen LogP contribution in [0.2, 0.25) is 0 Å². The van der Waals surface area contributed by atoms with E-state index in [1.807, 2.05) is 25.1 Å². The summed E-state index contributed by atoms with van der Waals surface area (Å²) in [5.41, 5.74) is 1.45. The van der Waals surface area contributed by atoms with Crippen LogP contribution >= 0.6 is 0 Å². The minimum Gasteiger partial charge on any atom is -0.494 e. The van der Waals surface area contributed by atoms with Crippen LogP contribution in [-0.2, 0) is 19.4 Å². The molecular weight excluding hydrogens is 484 g/mol. The molecule has 8 nitrogen and oxygen atoms in total. The van der Waals surface area contributed by atoms with E-state index in [0.29, 0.717) is 37.2 Å². The number of aliphatic hydroxyl groups is 1. The van der Waals surface area contributed by atoms with E-state index in [4.69, 9.17) is 14.9 Å². The minimum atomic E-state index is -3.57. The fourth-order valence-corrected chi connectivity index (χ4v) is 6.90. The summed E-state index contributed by atoms with van der Waals surface area (Å²) in [5, 5.41) is 29.2. The van der Waals surface area contributed by atoms with Crippen molar-refractivity contribution in [1.29, 1.82) is 0 Å². The van der Waals surface area contributed by atoms with Crippen molar-refractivity contribution in [3.05, 3.63) is 59.2 Å². The highest BCUT2D eigenvalue weighted by molar-refractivity contribution is 7.91. The van der Waals surface area contributed by atoms with E-state index in [-0.39, 0.29) is 17.1 Å². The van der Waals surface area contributed by atoms with Gasteiger partial charge in [-0.1, -0.05) is 56.5 Å². The van der Waals surface area contributed by atoms with Gasteiger partial charge in [-0.3, -0.25) is 9.59 Å². The second kappa shape index (κ2) is 11.0. The van der Waals surface area contributed by atoms with Crippen LogP contribution < -0.4 is 4.74 Å². The Hall–Kier alpha value is -2.91. The van der Waals surface area contributed by atoms with Crippen molar-refractivity contribution in [3.8, 4) is 5.75 Å². The van der Waals surface area contributed by atoms with Gasteiger partial charge in [0.1, 0.15) is 5.75 Å². The second-order valence-corrected chi connectivity index (χ2v) is 12.2. The van der Waals surface area contributed by atoms with Crippen LogP contribution in [0, 0.1) is 18.3 Å². The van der Waals surface area contributed by atoms with Gasteiger partial charge in [0.15, 0.2) is 15.8 Å². The van der Waals surface area contributed by atoms with Gasteiger partial charge < -0.3 is 20.1 Å². The molecule has 0 aromatic heterocycles. The predicted octanol–water partition coefficient (Wildman–Crippen LogP) is 4.03. The summed E-state index contributed by atoms with van der Waals surface area (Å²) in [7, 11) is -3.57. The quantitative estimate of drug-likeness (QED) is 0.317. The first-order chi connectivity index (χ1) is 16.8. The van der Waals surface area contributed by atoms with Crippen molar-refractivity contribution in [2.75, 3.05) is 12.4 Å². The molecule has 0 bridgehead atoms. The van der Waals surface area contributed by atoms with Crippen LogP contribution in [0.3, 0.4) is 0 Å². The lowest BCUT2D eigenvalue weighted by Crippen LogP contribution is -2.38. The Morgan fingerprint density at radius 2 is 1.67 bits per heavy atom. The molecule has 0 spiro atoms. The molecule has 2 aromatic carbocycles. The molecule has 9 heteroatoms. The molecule has 1 heterocycles. The Kier molecular flexibility index (Phi) is 8.46. The fourth-order valence-electron chi connectivity index (χ4n) is 4.77. The first-order valence-electron chi connectivity index (χ1n) is 12.0. The number of carboxylic acid groups (broad SMARTS) is 2. The second-order valence-electron chi connectivity index (χ2n) is 10.2. The Labute approximate surface area is 211 Å². The van der Waals surface area contributed by atoms with Crippen molar-refractivity contribution in [2.45, 2.75) is 63.4 Å². The van der Waals surface area contributed by atoms with E-state index in [1.54, 1.807) is 38.1 Å². The van der Waals surface area contributed by atoms with Gasteiger partial charge in [-0.05, 0) is 49.1 Å². The predicted molar refractivity (Wildman–Crippen MR) is 134 cm³/mol. The van der Waals surface area contributed by atoms with Gasteiger partial charge in [0, 0.05) is 11.3 Å². The molecule has 36 heavy (non-hydrogen) atoms. The van der Waals surface area contributed by atoms with Gasteiger partial charge in [0.25, 0.3) is 0 Å². The number of hydrogen-bond acceptors (Lipinski definition) is 6. The van der Waals surface area contributed by atoms with Crippen LogP contribution in [0.4, 0.5) is 0 Å². The smallest absolute Gasteiger partial charge is 0.317 e. The first kappa shape index (κ1) is 27.7. The molecule has 0 fully saturated rings. The van der Waals surface area contributed by atoms with Crippen molar-refractivity contribution in [1.82, 2.24) is 0 Å². The molecule has 0 saturated heterocycles. The van der Waals surface area contributed by atoms with Crippen LogP contribution in [0.15, 0.2) is 47.4 Å².